The molecule has 0 aliphatic carbocycles. The Hall–Kier alpha value is -2.04. The van der Waals surface area contributed by atoms with Crippen LogP contribution in [0.3, 0.4) is 0 Å². The van der Waals surface area contributed by atoms with Gasteiger partial charge in [-0.05, 0) is 44.5 Å². The molecule has 0 aliphatic rings. The Balaban J connectivity index is 2.45. The van der Waals surface area contributed by atoms with Crippen LogP contribution in [-0.4, -0.2) is 29.5 Å². The van der Waals surface area contributed by atoms with Crippen molar-refractivity contribution in [3.63, 3.8) is 0 Å². The molecule has 0 bridgehead atoms. The highest BCUT2D eigenvalue weighted by atomic mass is 16.3. The van der Waals surface area contributed by atoms with Gasteiger partial charge in [-0.15, -0.1) is 0 Å². The van der Waals surface area contributed by atoms with Crippen LogP contribution in [0.15, 0.2) is 18.2 Å². The second kappa shape index (κ2) is 6.78. The van der Waals surface area contributed by atoms with E-state index in [0.717, 1.165) is 0 Å². The van der Waals surface area contributed by atoms with Crippen LogP contribution < -0.4 is 10.6 Å². The van der Waals surface area contributed by atoms with Crippen molar-refractivity contribution in [1.82, 2.24) is 10.6 Å². The standard InChI is InChI=1S/C14H20N2O3/c1-9(2)16-13(18)6-7-15-14(19)12-5-4-11(17)8-10(12)3/h4-5,8-9,17H,6-7H2,1-3H3,(H,15,19)(H,16,18). The smallest absolute Gasteiger partial charge is 0.251 e. The highest BCUT2D eigenvalue weighted by molar-refractivity contribution is 5.96. The lowest BCUT2D eigenvalue weighted by Gasteiger charge is -2.10. The Labute approximate surface area is 113 Å². The number of carbonyl (C=O) groups excluding carboxylic acids is 2. The van der Waals surface area contributed by atoms with Gasteiger partial charge in [0.15, 0.2) is 0 Å². The van der Waals surface area contributed by atoms with Gasteiger partial charge in [-0.2, -0.15) is 0 Å². The molecule has 5 nitrogen and oxygen atoms in total. The lowest BCUT2D eigenvalue weighted by Crippen LogP contribution is -2.34. The van der Waals surface area contributed by atoms with Crippen molar-refractivity contribution in [2.75, 3.05) is 6.54 Å². The van der Waals surface area contributed by atoms with Crippen molar-refractivity contribution in [1.29, 1.82) is 0 Å². The fourth-order valence-corrected chi connectivity index (χ4v) is 1.68. The van der Waals surface area contributed by atoms with Crippen molar-refractivity contribution >= 4 is 11.8 Å². The van der Waals surface area contributed by atoms with E-state index < -0.39 is 0 Å². The zero-order chi connectivity index (χ0) is 14.4. The van der Waals surface area contributed by atoms with Crippen LogP contribution >= 0.6 is 0 Å². The van der Waals surface area contributed by atoms with Gasteiger partial charge in [0.05, 0.1) is 0 Å². The number of aromatic hydroxyl groups is 1. The predicted molar refractivity (Wildman–Crippen MR) is 73.1 cm³/mol. The summed E-state index contributed by atoms with van der Waals surface area (Å²) in [5.41, 5.74) is 1.20. The van der Waals surface area contributed by atoms with Crippen LogP contribution in [0.1, 0.15) is 36.2 Å². The molecule has 0 aliphatic heterocycles. The van der Waals surface area contributed by atoms with E-state index in [1.165, 1.54) is 12.1 Å². The van der Waals surface area contributed by atoms with Crippen molar-refractivity contribution in [2.45, 2.75) is 33.2 Å². The Morgan fingerprint density at radius 3 is 2.58 bits per heavy atom. The van der Waals surface area contributed by atoms with Gasteiger partial charge >= 0.3 is 0 Å². The predicted octanol–water partition coefficient (Wildman–Crippen LogP) is 1.35. The summed E-state index contributed by atoms with van der Waals surface area (Å²) >= 11 is 0. The topological polar surface area (TPSA) is 78.4 Å². The molecule has 104 valence electrons. The largest absolute Gasteiger partial charge is 0.508 e. The molecule has 1 aromatic rings. The highest BCUT2D eigenvalue weighted by Gasteiger charge is 2.10. The van der Waals surface area contributed by atoms with Gasteiger partial charge in [0.2, 0.25) is 5.91 Å². The minimum atomic E-state index is -0.241. The molecule has 5 heteroatoms. The monoisotopic (exact) mass is 264 g/mol. The number of hydrogen-bond acceptors (Lipinski definition) is 3. The number of hydrogen-bond donors (Lipinski definition) is 3. The van der Waals surface area contributed by atoms with Crippen LogP contribution in [0, 0.1) is 6.92 Å². The molecular weight excluding hydrogens is 244 g/mol. The SMILES string of the molecule is Cc1cc(O)ccc1C(=O)NCCC(=O)NC(C)C. The van der Waals surface area contributed by atoms with E-state index in [-0.39, 0.29) is 36.6 Å². The number of carbonyl (C=O) groups is 2. The fourth-order valence-electron chi connectivity index (χ4n) is 1.68. The van der Waals surface area contributed by atoms with Crippen LogP contribution in [-0.2, 0) is 4.79 Å². The molecule has 0 unspecified atom stereocenters. The van der Waals surface area contributed by atoms with Gasteiger partial charge in [-0.25, -0.2) is 0 Å². The Bertz CT molecular complexity index is 470. The summed E-state index contributed by atoms with van der Waals surface area (Å²) in [4.78, 5) is 23.2. The van der Waals surface area contributed by atoms with Crippen molar-refractivity contribution in [3.8, 4) is 5.75 Å². The lowest BCUT2D eigenvalue weighted by atomic mass is 10.1. The molecule has 0 radical (unpaired) electrons. The molecular formula is C14H20N2O3. The molecule has 0 aromatic heterocycles. The molecule has 0 heterocycles. The van der Waals surface area contributed by atoms with E-state index in [1.807, 2.05) is 13.8 Å². The first-order valence-corrected chi connectivity index (χ1v) is 6.27. The van der Waals surface area contributed by atoms with Gasteiger partial charge in [-0.3, -0.25) is 9.59 Å². The number of rotatable bonds is 5. The number of benzene rings is 1. The first-order valence-electron chi connectivity index (χ1n) is 6.27. The Morgan fingerprint density at radius 1 is 1.32 bits per heavy atom. The molecule has 1 aromatic carbocycles. The summed E-state index contributed by atoms with van der Waals surface area (Å²) in [6.07, 6.45) is 0.251. The Kier molecular flexibility index (Phi) is 5.36. The third-order valence-corrected chi connectivity index (χ3v) is 2.54. The van der Waals surface area contributed by atoms with Gasteiger partial charge in [0.25, 0.3) is 5.91 Å². The summed E-state index contributed by atoms with van der Waals surface area (Å²) in [5.74, 6) is -0.196. The van der Waals surface area contributed by atoms with Gasteiger partial charge in [-0.1, -0.05) is 0 Å². The molecule has 1 rings (SSSR count). The van der Waals surface area contributed by atoms with E-state index in [0.29, 0.717) is 11.1 Å². The molecule has 0 saturated carbocycles. The van der Waals surface area contributed by atoms with Crippen molar-refractivity contribution < 1.29 is 14.7 Å². The molecule has 0 fully saturated rings. The number of nitrogens with one attached hydrogen (secondary N) is 2. The third-order valence-electron chi connectivity index (χ3n) is 2.54. The average Bonchev–Trinajstić information content (AvgIpc) is 2.27. The summed E-state index contributed by atoms with van der Waals surface area (Å²) in [7, 11) is 0. The molecule has 0 atom stereocenters. The number of phenolic OH excluding ortho intramolecular Hbond substituents is 1. The van der Waals surface area contributed by atoms with Crippen LogP contribution in [0.4, 0.5) is 0 Å². The van der Waals surface area contributed by atoms with E-state index in [9.17, 15) is 14.7 Å². The molecule has 19 heavy (non-hydrogen) atoms. The quantitative estimate of drug-likeness (QED) is 0.751. The number of phenols is 1. The summed E-state index contributed by atoms with van der Waals surface area (Å²) in [5, 5.41) is 14.7. The Morgan fingerprint density at radius 2 is 2.00 bits per heavy atom. The van der Waals surface area contributed by atoms with Crippen molar-refractivity contribution in [3.05, 3.63) is 29.3 Å². The minimum Gasteiger partial charge on any atom is -0.508 e. The van der Waals surface area contributed by atoms with E-state index >= 15 is 0 Å². The summed E-state index contributed by atoms with van der Waals surface area (Å²) in [6.45, 7) is 5.81. The maximum absolute atomic E-state index is 11.9. The number of aryl methyl sites for hydroxylation is 1. The average molecular weight is 264 g/mol. The fraction of sp³-hybridized carbons (Fsp3) is 0.429. The first-order chi connectivity index (χ1) is 8.90. The van der Waals surface area contributed by atoms with Crippen LogP contribution in [0.5, 0.6) is 5.75 Å². The normalized spacial score (nSPS) is 10.3. The third kappa shape index (κ3) is 4.99. The molecule has 0 saturated heterocycles. The molecule has 3 N–H and O–H groups in total. The first kappa shape index (κ1) is 15.0. The summed E-state index contributed by atoms with van der Waals surface area (Å²) < 4.78 is 0. The zero-order valence-electron chi connectivity index (χ0n) is 11.5. The van der Waals surface area contributed by atoms with Crippen LogP contribution in [0.25, 0.3) is 0 Å². The van der Waals surface area contributed by atoms with E-state index in [1.54, 1.807) is 13.0 Å². The van der Waals surface area contributed by atoms with Crippen LogP contribution in [0.2, 0.25) is 0 Å². The second-order valence-corrected chi connectivity index (χ2v) is 4.73. The maximum atomic E-state index is 11.9. The minimum absolute atomic E-state index is 0.0854. The molecule has 0 spiro atoms. The zero-order valence-corrected chi connectivity index (χ0v) is 11.5. The lowest BCUT2D eigenvalue weighted by molar-refractivity contribution is -0.121. The second-order valence-electron chi connectivity index (χ2n) is 4.73. The van der Waals surface area contributed by atoms with Gasteiger partial charge in [0.1, 0.15) is 5.75 Å². The van der Waals surface area contributed by atoms with E-state index in [4.69, 9.17) is 0 Å². The number of amides is 2. The van der Waals surface area contributed by atoms with Gasteiger partial charge < -0.3 is 15.7 Å². The van der Waals surface area contributed by atoms with Gasteiger partial charge in [0, 0.05) is 24.6 Å². The molecule has 2 amide bonds. The van der Waals surface area contributed by atoms with Crippen molar-refractivity contribution in [2.24, 2.45) is 0 Å². The maximum Gasteiger partial charge on any atom is 0.251 e. The van der Waals surface area contributed by atoms with E-state index in [2.05, 4.69) is 10.6 Å². The highest BCUT2D eigenvalue weighted by Crippen LogP contribution is 2.15. The summed E-state index contributed by atoms with van der Waals surface area (Å²) in [6, 6.07) is 4.66.